The summed E-state index contributed by atoms with van der Waals surface area (Å²) >= 11 is 0. The van der Waals surface area contributed by atoms with Gasteiger partial charge in [-0.3, -0.25) is 14.6 Å². The molecule has 39 heavy (non-hydrogen) atoms. The molecule has 2 fully saturated rings. The fraction of sp³-hybridized carbons (Fsp3) is 0.346. The van der Waals surface area contributed by atoms with Crippen LogP contribution in [-0.4, -0.2) is 94.5 Å². The summed E-state index contributed by atoms with van der Waals surface area (Å²) in [6.07, 6.45) is -3.13. The highest BCUT2D eigenvalue weighted by atomic mass is 19.4. The number of fused-ring (bicyclic) bond motifs is 1. The van der Waals surface area contributed by atoms with Crippen LogP contribution in [0.3, 0.4) is 0 Å². The molecule has 2 aliphatic heterocycles. The fourth-order valence-corrected chi connectivity index (χ4v) is 4.57. The maximum Gasteiger partial charge on any atom is 0.416 e. The van der Waals surface area contributed by atoms with Gasteiger partial charge in [0, 0.05) is 31.9 Å². The van der Waals surface area contributed by atoms with E-state index in [-0.39, 0.29) is 36.9 Å². The number of anilines is 1. The van der Waals surface area contributed by atoms with E-state index in [2.05, 4.69) is 15.3 Å². The topological polar surface area (TPSA) is 108 Å². The Hall–Kier alpha value is -4.26. The minimum absolute atomic E-state index is 0.0501. The van der Waals surface area contributed by atoms with E-state index in [1.807, 2.05) is 6.07 Å². The largest absolute Gasteiger partial charge is 0.416 e. The number of ether oxygens (including phenoxy) is 1. The van der Waals surface area contributed by atoms with Crippen molar-refractivity contribution in [3.63, 3.8) is 0 Å². The fourth-order valence-electron chi connectivity index (χ4n) is 4.57. The molecule has 1 N–H and O–H groups in total. The SMILES string of the molecule is O=C(Nc1ccc(C(F)(F)F)cc1)N1CCN(C(=O)c2cnc3ccccc3n2)C(C(=O)N2CCOCC2)C1. The van der Waals surface area contributed by atoms with Crippen molar-refractivity contribution in [3.05, 3.63) is 66.0 Å². The summed E-state index contributed by atoms with van der Waals surface area (Å²) in [6.45, 7) is 1.48. The number of nitrogens with one attached hydrogen (secondary N) is 1. The third-order valence-corrected chi connectivity index (χ3v) is 6.67. The number of hydrogen-bond acceptors (Lipinski definition) is 6. The first-order valence-corrected chi connectivity index (χ1v) is 12.3. The lowest BCUT2D eigenvalue weighted by Gasteiger charge is -2.42. The second-order valence-electron chi connectivity index (χ2n) is 9.15. The molecule has 0 spiro atoms. The average molecular weight is 543 g/mol. The van der Waals surface area contributed by atoms with Gasteiger partial charge < -0.3 is 24.8 Å². The molecule has 10 nitrogen and oxygen atoms in total. The number of amides is 4. The number of nitrogens with zero attached hydrogens (tertiary/aromatic N) is 5. The molecule has 2 aliphatic rings. The van der Waals surface area contributed by atoms with Gasteiger partial charge in [0.15, 0.2) is 0 Å². The lowest BCUT2D eigenvalue weighted by molar-refractivity contribution is -0.141. The van der Waals surface area contributed by atoms with Crippen molar-refractivity contribution in [2.75, 3.05) is 51.3 Å². The van der Waals surface area contributed by atoms with Crippen LogP contribution in [0.2, 0.25) is 0 Å². The highest BCUT2D eigenvalue weighted by Gasteiger charge is 2.40. The molecule has 4 amide bonds. The average Bonchev–Trinajstić information content (AvgIpc) is 2.96. The number of benzene rings is 2. The van der Waals surface area contributed by atoms with Crippen molar-refractivity contribution in [2.24, 2.45) is 0 Å². The molecule has 5 rings (SSSR count). The molecule has 0 radical (unpaired) electrons. The first-order valence-electron chi connectivity index (χ1n) is 12.3. The zero-order valence-corrected chi connectivity index (χ0v) is 20.7. The first-order chi connectivity index (χ1) is 18.7. The number of halogens is 3. The third-order valence-electron chi connectivity index (χ3n) is 6.67. The Bertz CT molecular complexity index is 1380. The highest BCUT2D eigenvalue weighted by molar-refractivity contribution is 5.98. The van der Waals surface area contributed by atoms with Gasteiger partial charge in [-0.25, -0.2) is 9.78 Å². The van der Waals surface area contributed by atoms with E-state index < -0.39 is 29.7 Å². The Kier molecular flexibility index (Phi) is 7.33. The monoisotopic (exact) mass is 542 g/mol. The van der Waals surface area contributed by atoms with E-state index in [1.165, 1.54) is 16.0 Å². The van der Waals surface area contributed by atoms with Crippen molar-refractivity contribution in [1.29, 1.82) is 0 Å². The van der Waals surface area contributed by atoms with Gasteiger partial charge in [-0.2, -0.15) is 13.2 Å². The van der Waals surface area contributed by atoms with Gasteiger partial charge >= 0.3 is 12.2 Å². The molecular weight excluding hydrogens is 517 g/mol. The van der Waals surface area contributed by atoms with Crippen LogP contribution >= 0.6 is 0 Å². The minimum Gasteiger partial charge on any atom is -0.378 e. The summed E-state index contributed by atoms with van der Waals surface area (Å²) in [5.41, 5.74) is 0.583. The highest BCUT2D eigenvalue weighted by Crippen LogP contribution is 2.30. The van der Waals surface area contributed by atoms with Crippen LogP contribution in [0.5, 0.6) is 0 Å². The quantitative estimate of drug-likeness (QED) is 0.546. The zero-order valence-electron chi connectivity index (χ0n) is 20.7. The standard InChI is InChI=1S/C26H25F3N6O4/c27-26(28,29)17-5-7-18(8-6-17)31-25(38)34-9-10-35(22(16-34)24(37)33-11-13-39-14-12-33)23(36)21-15-30-19-3-1-2-4-20(19)32-21/h1-8,15,22H,9-14,16H2,(H,31,38). The van der Waals surface area contributed by atoms with Crippen molar-refractivity contribution < 1.29 is 32.3 Å². The van der Waals surface area contributed by atoms with E-state index in [9.17, 15) is 27.6 Å². The summed E-state index contributed by atoms with van der Waals surface area (Å²) in [5, 5.41) is 2.57. The number of rotatable bonds is 3. The van der Waals surface area contributed by atoms with E-state index in [1.54, 1.807) is 23.1 Å². The van der Waals surface area contributed by atoms with Crippen molar-refractivity contribution in [3.8, 4) is 0 Å². The number of piperazine rings is 1. The smallest absolute Gasteiger partial charge is 0.378 e. The van der Waals surface area contributed by atoms with Gasteiger partial charge in [0.1, 0.15) is 11.7 Å². The van der Waals surface area contributed by atoms with Crippen molar-refractivity contribution >= 4 is 34.6 Å². The lowest BCUT2D eigenvalue weighted by Crippen LogP contribution is -2.63. The van der Waals surface area contributed by atoms with E-state index in [0.29, 0.717) is 37.3 Å². The first kappa shape index (κ1) is 26.4. The number of carbonyl (C=O) groups is 3. The molecule has 1 aromatic heterocycles. The maximum atomic E-state index is 13.5. The number of alkyl halides is 3. The van der Waals surface area contributed by atoms with Crippen LogP contribution in [0.4, 0.5) is 23.7 Å². The van der Waals surface area contributed by atoms with E-state index in [4.69, 9.17) is 4.74 Å². The van der Waals surface area contributed by atoms with Crippen LogP contribution in [0, 0.1) is 0 Å². The maximum absolute atomic E-state index is 13.5. The number of hydrogen-bond donors (Lipinski definition) is 1. The van der Waals surface area contributed by atoms with Crippen LogP contribution in [-0.2, 0) is 15.7 Å². The Labute approximate surface area is 221 Å². The normalized spacial score (nSPS) is 18.2. The zero-order chi connectivity index (χ0) is 27.6. The van der Waals surface area contributed by atoms with Gasteiger partial charge in [-0.1, -0.05) is 12.1 Å². The van der Waals surface area contributed by atoms with E-state index in [0.717, 1.165) is 24.3 Å². The van der Waals surface area contributed by atoms with Crippen LogP contribution in [0.15, 0.2) is 54.7 Å². The molecular formula is C26H25F3N6O4. The summed E-state index contributed by atoms with van der Waals surface area (Å²) in [6, 6.07) is 9.60. The summed E-state index contributed by atoms with van der Waals surface area (Å²) in [7, 11) is 0. The number of aromatic nitrogens is 2. The van der Waals surface area contributed by atoms with Gasteiger partial charge in [0.05, 0.1) is 42.6 Å². The second-order valence-corrected chi connectivity index (χ2v) is 9.15. The molecule has 2 aromatic carbocycles. The molecule has 1 unspecified atom stereocenters. The number of urea groups is 1. The Balaban J connectivity index is 1.35. The van der Waals surface area contributed by atoms with Crippen LogP contribution in [0.1, 0.15) is 16.1 Å². The molecule has 0 aliphatic carbocycles. The predicted octanol–water partition coefficient (Wildman–Crippen LogP) is 2.87. The molecule has 2 saturated heterocycles. The van der Waals surface area contributed by atoms with Gasteiger partial charge in [0.25, 0.3) is 5.91 Å². The van der Waals surface area contributed by atoms with E-state index >= 15 is 0 Å². The van der Waals surface area contributed by atoms with Crippen LogP contribution in [0.25, 0.3) is 11.0 Å². The molecule has 204 valence electrons. The molecule has 13 heteroatoms. The van der Waals surface area contributed by atoms with Gasteiger partial charge in [0.2, 0.25) is 5.91 Å². The Morgan fingerprint density at radius 2 is 1.59 bits per heavy atom. The van der Waals surface area contributed by atoms with Crippen LogP contribution < -0.4 is 5.32 Å². The summed E-state index contributed by atoms with van der Waals surface area (Å²) < 4.78 is 43.9. The Morgan fingerprint density at radius 1 is 0.897 bits per heavy atom. The third kappa shape index (κ3) is 5.77. The van der Waals surface area contributed by atoms with Gasteiger partial charge in [-0.05, 0) is 36.4 Å². The molecule has 0 bridgehead atoms. The molecule has 3 heterocycles. The molecule has 0 saturated carbocycles. The number of para-hydroxylation sites is 2. The number of carbonyl (C=O) groups excluding carboxylic acids is 3. The number of morpholine rings is 1. The Morgan fingerprint density at radius 3 is 2.28 bits per heavy atom. The minimum atomic E-state index is -4.49. The summed E-state index contributed by atoms with van der Waals surface area (Å²) in [4.78, 5) is 53.2. The van der Waals surface area contributed by atoms with Gasteiger partial charge in [-0.15, -0.1) is 0 Å². The van der Waals surface area contributed by atoms with Crippen molar-refractivity contribution in [1.82, 2.24) is 24.7 Å². The lowest BCUT2D eigenvalue weighted by atomic mass is 10.1. The summed E-state index contributed by atoms with van der Waals surface area (Å²) in [5.74, 6) is -0.810. The second kappa shape index (κ2) is 10.8. The predicted molar refractivity (Wildman–Crippen MR) is 134 cm³/mol. The molecule has 3 aromatic rings. The molecule has 1 atom stereocenters. The van der Waals surface area contributed by atoms with Crippen molar-refractivity contribution in [2.45, 2.75) is 12.2 Å².